The van der Waals surface area contributed by atoms with Gasteiger partial charge in [-0.15, -0.1) is 0 Å². The minimum atomic E-state index is -1.61. The van der Waals surface area contributed by atoms with Crippen LogP contribution in [0.2, 0.25) is 0 Å². The lowest BCUT2D eigenvalue weighted by molar-refractivity contribution is -0.121. The number of hydrogen-bond donors (Lipinski definition) is 1. The predicted octanol–water partition coefficient (Wildman–Crippen LogP) is 4.29. The Labute approximate surface area is 173 Å². The van der Waals surface area contributed by atoms with Crippen LogP contribution in [0, 0.1) is 17.5 Å². The number of halogens is 3. The van der Waals surface area contributed by atoms with Gasteiger partial charge in [0.1, 0.15) is 0 Å². The van der Waals surface area contributed by atoms with Gasteiger partial charge in [0.05, 0.1) is 24.9 Å². The molecule has 0 aromatic heterocycles. The molecule has 0 saturated heterocycles. The fourth-order valence-electron chi connectivity index (χ4n) is 3.48. The van der Waals surface area contributed by atoms with Gasteiger partial charge in [-0.2, -0.15) is 0 Å². The van der Waals surface area contributed by atoms with E-state index in [1.807, 2.05) is 30.9 Å². The van der Waals surface area contributed by atoms with Gasteiger partial charge in [0, 0.05) is 13.1 Å². The number of carbonyl (C=O) groups excluding carboxylic acids is 1. The van der Waals surface area contributed by atoms with Crippen molar-refractivity contribution < 1.29 is 27.4 Å². The topological polar surface area (TPSA) is 50.8 Å². The molecular weight excluding hydrogens is 397 g/mol. The molecule has 0 aliphatic carbocycles. The molecule has 3 rings (SSSR count). The highest BCUT2D eigenvalue weighted by atomic mass is 19.2. The van der Waals surface area contributed by atoms with Crippen molar-refractivity contribution in [3.8, 4) is 11.5 Å². The molecule has 0 unspecified atom stereocenters. The summed E-state index contributed by atoms with van der Waals surface area (Å²) in [7, 11) is 0. The van der Waals surface area contributed by atoms with E-state index in [2.05, 4.69) is 5.32 Å². The van der Waals surface area contributed by atoms with Crippen molar-refractivity contribution in [2.45, 2.75) is 39.8 Å². The van der Waals surface area contributed by atoms with E-state index in [0.717, 1.165) is 23.3 Å². The Kier molecular flexibility index (Phi) is 6.87. The second-order valence-electron chi connectivity index (χ2n) is 7.04. The maximum atomic E-state index is 13.9. The lowest BCUT2D eigenvalue weighted by Crippen LogP contribution is -2.44. The van der Waals surface area contributed by atoms with Crippen LogP contribution in [0.25, 0.3) is 0 Å². The minimum Gasteiger partial charge on any atom is -0.490 e. The van der Waals surface area contributed by atoms with Gasteiger partial charge in [-0.05, 0) is 62.6 Å². The molecule has 2 aromatic carbocycles. The van der Waals surface area contributed by atoms with Gasteiger partial charge in [0.15, 0.2) is 29.0 Å². The Balaban J connectivity index is 1.75. The average molecular weight is 422 g/mol. The van der Waals surface area contributed by atoms with Crippen LogP contribution in [0.4, 0.5) is 18.9 Å². The third-order valence-corrected chi connectivity index (χ3v) is 5.13. The van der Waals surface area contributed by atoms with E-state index < -0.39 is 29.4 Å². The van der Waals surface area contributed by atoms with Crippen LogP contribution in [0.1, 0.15) is 31.9 Å². The third-order valence-electron chi connectivity index (χ3n) is 5.13. The number of nitrogens with one attached hydrogen (secondary N) is 1. The van der Waals surface area contributed by atoms with E-state index in [4.69, 9.17) is 9.47 Å². The number of fused-ring (bicyclic) bond motifs is 1. The fraction of sp³-hybridized carbons (Fsp3) is 0.409. The number of hydrogen-bond acceptors (Lipinski definition) is 4. The number of rotatable bonds is 7. The van der Waals surface area contributed by atoms with Gasteiger partial charge in [-0.25, -0.2) is 13.2 Å². The van der Waals surface area contributed by atoms with Crippen molar-refractivity contribution in [1.29, 1.82) is 0 Å². The second-order valence-corrected chi connectivity index (χ2v) is 7.04. The van der Waals surface area contributed by atoms with Crippen LogP contribution >= 0.6 is 0 Å². The lowest BCUT2D eigenvalue weighted by Gasteiger charge is -2.33. The van der Waals surface area contributed by atoms with Crippen LogP contribution in [-0.4, -0.2) is 36.6 Å². The van der Waals surface area contributed by atoms with Crippen molar-refractivity contribution in [1.82, 2.24) is 4.90 Å². The van der Waals surface area contributed by atoms with E-state index in [-0.39, 0.29) is 5.69 Å². The normalized spacial score (nSPS) is 14.7. The Bertz CT molecular complexity index is 936. The van der Waals surface area contributed by atoms with Crippen molar-refractivity contribution in [3.63, 3.8) is 0 Å². The summed E-state index contributed by atoms with van der Waals surface area (Å²) in [5.74, 6) is -3.47. The van der Waals surface area contributed by atoms with Gasteiger partial charge >= 0.3 is 0 Å². The van der Waals surface area contributed by atoms with Gasteiger partial charge in [0.25, 0.3) is 0 Å². The highest BCUT2D eigenvalue weighted by Crippen LogP contribution is 2.34. The van der Waals surface area contributed by atoms with E-state index >= 15 is 0 Å². The first-order valence-corrected chi connectivity index (χ1v) is 9.95. The molecule has 1 heterocycles. The standard InChI is InChI=1S/C22H25F3N2O3/c1-4-29-18-10-14-8-9-27(12-15(14)11-19(18)30-5-2)13(3)22(28)26-17-7-6-16(23)20(24)21(17)25/h6-7,10-11,13H,4-5,8-9,12H2,1-3H3,(H,26,28)/t13-/m0/s1. The molecule has 5 nitrogen and oxygen atoms in total. The summed E-state index contributed by atoms with van der Waals surface area (Å²) in [5.41, 5.74) is 1.76. The number of benzene rings is 2. The number of anilines is 1. The Morgan fingerprint density at radius 3 is 2.33 bits per heavy atom. The van der Waals surface area contributed by atoms with Crippen molar-refractivity contribution in [2.24, 2.45) is 0 Å². The molecule has 162 valence electrons. The molecule has 0 fully saturated rings. The first kappa shape index (κ1) is 22.0. The fourth-order valence-corrected chi connectivity index (χ4v) is 3.48. The number of ether oxygens (including phenoxy) is 2. The molecule has 0 bridgehead atoms. The largest absolute Gasteiger partial charge is 0.490 e. The molecule has 1 aliphatic heterocycles. The predicted molar refractivity (Wildman–Crippen MR) is 107 cm³/mol. The summed E-state index contributed by atoms with van der Waals surface area (Å²) >= 11 is 0. The van der Waals surface area contributed by atoms with Gasteiger partial charge < -0.3 is 14.8 Å². The molecule has 1 amide bonds. The zero-order chi connectivity index (χ0) is 21.8. The smallest absolute Gasteiger partial charge is 0.241 e. The summed E-state index contributed by atoms with van der Waals surface area (Å²) < 4.78 is 51.7. The van der Waals surface area contributed by atoms with Crippen LogP contribution in [0.15, 0.2) is 24.3 Å². The quantitative estimate of drug-likeness (QED) is 0.677. The van der Waals surface area contributed by atoms with Crippen LogP contribution in [0.5, 0.6) is 11.5 Å². The first-order chi connectivity index (χ1) is 14.3. The SMILES string of the molecule is CCOc1cc2c(cc1OCC)CN([C@@H](C)C(=O)Nc1ccc(F)c(F)c1F)CC2. The Hall–Kier alpha value is -2.74. The number of nitrogens with zero attached hydrogens (tertiary/aromatic N) is 1. The molecule has 8 heteroatoms. The van der Waals surface area contributed by atoms with E-state index in [9.17, 15) is 18.0 Å². The van der Waals surface area contributed by atoms with Crippen LogP contribution in [0.3, 0.4) is 0 Å². The molecule has 0 saturated carbocycles. The van der Waals surface area contributed by atoms with Crippen molar-refractivity contribution >= 4 is 11.6 Å². The maximum Gasteiger partial charge on any atom is 0.241 e. The molecule has 30 heavy (non-hydrogen) atoms. The zero-order valence-corrected chi connectivity index (χ0v) is 17.2. The second kappa shape index (κ2) is 9.38. The highest BCUT2D eigenvalue weighted by Gasteiger charge is 2.27. The van der Waals surface area contributed by atoms with E-state index in [1.54, 1.807) is 6.92 Å². The van der Waals surface area contributed by atoms with Gasteiger partial charge in [-0.3, -0.25) is 9.69 Å². The van der Waals surface area contributed by atoms with Crippen molar-refractivity contribution in [3.05, 3.63) is 52.8 Å². The maximum absolute atomic E-state index is 13.9. The monoisotopic (exact) mass is 422 g/mol. The lowest BCUT2D eigenvalue weighted by atomic mass is 9.97. The summed E-state index contributed by atoms with van der Waals surface area (Å²) in [6.07, 6.45) is 0.707. The Morgan fingerprint density at radius 2 is 1.70 bits per heavy atom. The molecule has 0 radical (unpaired) electrons. The van der Waals surface area contributed by atoms with E-state index in [0.29, 0.717) is 44.2 Å². The van der Waals surface area contributed by atoms with E-state index in [1.165, 1.54) is 0 Å². The molecule has 1 aliphatic rings. The Morgan fingerprint density at radius 1 is 1.07 bits per heavy atom. The van der Waals surface area contributed by atoms with Gasteiger partial charge in [-0.1, -0.05) is 0 Å². The summed E-state index contributed by atoms with van der Waals surface area (Å²) in [4.78, 5) is 14.5. The van der Waals surface area contributed by atoms with Crippen LogP contribution in [-0.2, 0) is 17.8 Å². The highest BCUT2D eigenvalue weighted by molar-refractivity contribution is 5.94. The number of carbonyl (C=O) groups is 1. The summed E-state index contributed by atoms with van der Waals surface area (Å²) in [6, 6.07) is 5.08. The first-order valence-electron chi connectivity index (χ1n) is 9.95. The summed E-state index contributed by atoms with van der Waals surface area (Å²) in [5, 5.41) is 2.35. The average Bonchev–Trinajstić information content (AvgIpc) is 2.74. The minimum absolute atomic E-state index is 0.386. The zero-order valence-electron chi connectivity index (χ0n) is 17.2. The van der Waals surface area contributed by atoms with Crippen molar-refractivity contribution in [2.75, 3.05) is 25.1 Å². The molecule has 1 atom stereocenters. The summed E-state index contributed by atoms with van der Waals surface area (Å²) in [6.45, 7) is 7.64. The van der Waals surface area contributed by atoms with Crippen LogP contribution < -0.4 is 14.8 Å². The molecule has 1 N–H and O–H groups in total. The molecular formula is C22H25F3N2O3. The molecule has 2 aromatic rings. The third kappa shape index (κ3) is 4.53. The van der Waals surface area contributed by atoms with Gasteiger partial charge in [0.2, 0.25) is 5.91 Å². The number of amides is 1. The molecule has 0 spiro atoms.